The minimum absolute atomic E-state index is 0.0623. The Bertz CT molecular complexity index is 897. The quantitative estimate of drug-likeness (QED) is 0.700. The van der Waals surface area contributed by atoms with E-state index < -0.39 is 11.4 Å². The maximum atomic E-state index is 11.9. The third kappa shape index (κ3) is 3.01. The van der Waals surface area contributed by atoms with Crippen LogP contribution >= 0.6 is 0 Å². The van der Waals surface area contributed by atoms with E-state index in [2.05, 4.69) is 0 Å². The molecule has 0 aliphatic carbocycles. The smallest absolute Gasteiger partial charge is 0.340 e. The van der Waals surface area contributed by atoms with E-state index in [9.17, 15) is 15.0 Å². The Balaban J connectivity index is 2.21. The first-order valence-corrected chi connectivity index (χ1v) is 8.13. The lowest BCUT2D eigenvalue weighted by Gasteiger charge is -2.28. The Morgan fingerprint density at radius 2 is 1.40 bits per heavy atom. The van der Waals surface area contributed by atoms with Gasteiger partial charge in [0.2, 0.25) is 0 Å². The average molecular weight is 332 g/mol. The predicted molar refractivity (Wildman–Crippen MR) is 99.1 cm³/mol. The molecule has 0 aliphatic heterocycles. The van der Waals surface area contributed by atoms with Crippen molar-refractivity contribution < 1.29 is 15.0 Å². The van der Waals surface area contributed by atoms with E-state index in [0.717, 1.165) is 11.1 Å². The first-order chi connectivity index (χ1) is 11.9. The molecule has 2 N–H and O–H groups in total. The van der Waals surface area contributed by atoms with Crippen LogP contribution < -0.4 is 0 Å². The summed E-state index contributed by atoms with van der Waals surface area (Å²) in [6.07, 6.45) is 0. The molecular formula is C22H20O3. The number of carboxylic acid groups (broad SMARTS) is 1. The van der Waals surface area contributed by atoms with Crippen LogP contribution in [0.5, 0.6) is 5.75 Å². The van der Waals surface area contributed by atoms with Gasteiger partial charge >= 0.3 is 5.97 Å². The first kappa shape index (κ1) is 16.8. The number of aromatic hydroxyl groups is 1. The van der Waals surface area contributed by atoms with Crippen molar-refractivity contribution in [3.05, 3.63) is 89.5 Å². The lowest BCUT2D eigenvalue weighted by atomic mass is 9.76. The highest BCUT2D eigenvalue weighted by Crippen LogP contribution is 2.41. The Labute approximate surface area is 147 Å². The van der Waals surface area contributed by atoms with Crippen LogP contribution in [-0.4, -0.2) is 16.2 Å². The number of rotatable bonds is 4. The van der Waals surface area contributed by atoms with E-state index in [-0.39, 0.29) is 11.3 Å². The molecule has 0 aliphatic rings. The molecule has 3 rings (SSSR count). The van der Waals surface area contributed by atoms with Crippen molar-refractivity contribution in [3.63, 3.8) is 0 Å². The summed E-state index contributed by atoms with van der Waals surface area (Å²) in [7, 11) is 0. The van der Waals surface area contributed by atoms with Gasteiger partial charge < -0.3 is 10.2 Å². The van der Waals surface area contributed by atoms with E-state index >= 15 is 0 Å². The molecule has 3 nitrogen and oxygen atoms in total. The molecule has 3 aromatic rings. The molecule has 3 heteroatoms. The zero-order valence-corrected chi connectivity index (χ0v) is 14.2. The third-order valence-corrected chi connectivity index (χ3v) is 4.65. The maximum Gasteiger partial charge on any atom is 0.340 e. The largest absolute Gasteiger partial charge is 0.507 e. The van der Waals surface area contributed by atoms with Crippen molar-refractivity contribution in [3.8, 4) is 16.9 Å². The molecule has 0 saturated carbocycles. The van der Waals surface area contributed by atoms with Crippen LogP contribution in [0.2, 0.25) is 0 Å². The number of hydrogen-bond donors (Lipinski definition) is 2. The van der Waals surface area contributed by atoms with E-state index in [1.807, 2.05) is 80.6 Å². The highest BCUT2D eigenvalue weighted by atomic mass is 16.4. The van der Waals surface area contributed by atoms with Crippen LogP contribution in [0.3, 0.4) is 0 Å². The van der Waals surface area contributed by atoms with Gasteiger partial charge in [-0.1, -0.05) is 86.6 Å². The lowest BCUT2D eigenvalue weighted by molar-refractivity contribution is 0.0694. The van der Waals surface area contributed by atoms with Crippen LogP contribution in [0, 0.1) is 0 Å². The molecule has 0 saturated heterocycles. The summed E-state index contributed by atoms with van der Waals surface area (Å²) in [5, 5.41) is 20.5. The van der Waals surface area contributed by atoms with Gasteiger partial charge in [0.1, 0.15) is 11.3 Å². The second kappa shape index (κ2) is 6.44. The van der Waals surface area contributed by atoms with Gasteiger partial charge in [-0.25, -0.2) is 4.79 Å². The molecule has 0 radical (unpaired) electrons. The summed E-state index contributed by atoms with van der Waals surface area (Å²) < 4.78 is 0. The van der Waals surface area contributed by atoms with E-state index in [4.69, 9.17) is 0 Å². The summed E-state index contributed by atoms with van der Waals surface area (Å²) in [6.45, 7) is 3.95. The maximum absolute atomic E-state index is 11.9. The highest BCUT2D eigenvalue weighted by Gasteiger charge is 2.30. The fraction of sp³-hybridized carbons (Fsp3) is 0.136. The summed E-state index contributed by atoms with van der Waals surface area (Å²) in [5.74, 6) is -1.32. The zero-order chi connectivity index (χ0) is 18.0. The van der Waals surface area contributed by atoms with Crippen molar-refractivity contribution in [2.75, 3.05) is 0 Å². The average Bonchev–Trinajstić information content (AvgIpc) is 2.62. The number of benzene rings is 3. The molecule has 25 heavy (non-hydrogen) atoms. The Morgan fingerprint density at radius 3 is 1.96 bits per heavy atom. The Morgan fingerprint density at radius 1 is 0.840 bits per heavy atom. The van der Waals surface area contributed by atoms with Crippen molar-refractivity contribution in [2.24, 2.45) is 0 Å². The summed E-state index contributed by atoms with van der Waals surface area (Å²) in [6, 6.07) is 22.6. The monoisotopic (exact) mass is 332 g/mol. The Hall–Kier alpha value is -3.07. The second-order valence-corrected chi connectivity index (χ2v) is 6.55. The van der Waals surface area contributed by atoms with Crippen LogP contribution in [-0.2, 0) is 5.41 Å². The van der Waals surface area contributed by atoms with Gasteiger partial charge in [-0.3, -0.25) is 0 Å². The number of aromatic carboxylic acids is 1. The van der Waals surface area contributed by atoms with E-state index in [0.29, 0.717) is 11.1 Å². The van der Waals surface area contributed by atoms with Gasteiger partial charge in [-0.15, -0.1) is 0 Å². The van der Waals surface area contributed by atoms with Crippen molar-refractivity contribution in [1.29, 1.82) is 0 Å². The van der Waals surface area contributed by atoms with Gasteiger partial charge in [0.05, 0.1) is 0 Å². The first-order valence-electron chi connectivity index (χ1n) is 8.13. The summed E-state index contributed by atoms with van der Waals surface area (Å²) >= 11 is 0. The summed E-state index contributed by atoms with van der Waals surface area (Å²) in [5.41, 5.74) is 2.29. The lowest BCUT2D eigenvalue weighted by Crippen LogP contribution is -2.20. The molecule has 0 spiro atoms. The Kier molecular flexibility index (Phi) is 4.32. The van der Waals surface area contributed by atoms with Gasteiger partial charge in [-0.2, -0.15) is 0 Å². The molecule has 0 heterocycles. The van der Waals surface area contributed by atoms with E-state index in [1.54, 1.807) is 6.07 Å². The standard InChI is InChI=1S/C22H20O3/c1-22(2,16-11-7-4-8-12-16)18-14-13-17(15-9-5-3-6-10-15)19(20(18)23)21(24)25/h3-14,23H,1-2H3,(H,24,25). The van der Waals surface area contributed by atoms with Crippen LogP contribution in [0.15, 0.2) is 72.8 Å². The molecule has 0 unspecified atom stereocenters. The summed E-state index contributed by atoms with van der Waals surface area (Å²) in [4.78, 5) is 11.9. The van der Waals surface area contributed by atoms with E-state index in [1.165, 1.54) is 0 Å². The SMILES string of the molecule is CC(C)(c1ccccc1)c1ccc(-c2ccccc2)c(C(=O)O)c1O. The van der Waals surface area contributed by atoms with Crippen molar-refractivity contribution in [1.82, 2.24) is 0 Å². The minimum Gasteiger partial charge on any atom is -0.507 e. The van der Waals surface area contributed by atoms with Gasteiger partial charge in [-0.05, 0) is 16.7 Å². The fourth-order valence-corrected chi connectivity index (χ4v) is 3.18. The normalized spacial score (nSPS) is 11.3. The van der Waals surface area contributed by atoms with Gasteiger partial charge in [0.15, 0.2) is 0 Å². The van der Waals surface area contributed by atoms with Gasteiger partial charge in [0.25, 0.3) is 0 Å². The predicted octanol–water partition coefficient (Wildman–Crippen LogP) is 5.08. The fourth-order valence-electron chi connectivity index (χ4n) is 3.18. The third-order valence-electron chi connectivity index (χ3n) is 4.65. The molecule has 0 fully saturated rings. The number of hydrogen-bond acceptors (Lipinski definition) is 2. The molecule has 126 valence electrons. The van der Waals surface area contributed by atoms with Crippen LogP contribution in [0.1, 0.15) is 35.3 Å². The number of phenols is 1. The molecule has 0 amide bonds. The molecule has 0 bridgehead atoms. The molecular weight excluding hydrogens is 312 g/mol. The number of carbonyl (C=O) groups is 1. The van der Waals surface area contributed by atoms with Gasteiger partial charge in [0, 0.05) is 11.0 Å². The number of carboxylic acids is 1. The highest BCUT2D eigenvalue weighted by molar-refractivity contribution is 5.99. The minimum atomic E-state index is -1.14. The van der Waals surface area contributed by atoms with Crippen molar-refractivity contribution in [2.45, 2.75) is 19.3 Å². The molecule has 0 aromatic heterocycles. The second-order valence-electron chi connectivity index (χ2n) is 6.55. The molecule has 3 aromatic carbocycles. The van der Waals surface area contributed by atoms with Crippen LogP contribution in [0.25, 0.3) is 11.1 Å². The topological polar surface area (TPSA) is 57.5 Å². The van der Waals surface area contributed by atoms with Crippen LogP contribution in [0.4, 0.5) is 0 Å². The molecule has 0 atom stereocenters. The van der Waals surface area contributed by atoms with Crippen molar-refractivity contribution >= 4 is 5.97 Å². The zero-order valence-electron chi connectivity index (χ0n) is 14.2.